The summed E-state index contributed by atoms with van der Waals surface area (Å²) < 4.78 is 35.2. The van der Waals surface area contributed by atoms with Crippen molar-refractivity contribution in [3.8, 4) is 10.7 Å². The van der Waals surface area contributed by atoms with Gasteiger partial charge in [0.1, 0.15) is 22.6 Å². The van der Waals surface area contributed by atoms with Gasteiger partial charge in [0.25, 0.3) is 5.67 Å². The second kappa shape index (κ2) is 14.1. The molecule has 0 bridgehead atoms. The fourth-order valence-corrected chi connectivity index (χ4v) is 7.72. The number of aromatic nitrogens is 4. The van der Waals surface area contributed by atoms with Crippen LogP contribution < -0.4 is 0 Å². The summed E-state index contributed by atoms with van der Waals surface area (Å²) >= 11 is 1.46. The van der Waals surface area contributed by atoms with Crippen LogP contribution in [0.1, 0.15) is 74.1 Å². The van der Waals surface area contributed by atoms with Gasteiger partial charge in [0.2, 0.25) is 0 Å². The normalized spacial score (nSPS) is 35.7. The first kappa shape index (κ1) is 36.6. The summed E-state index contributed by atoms with van der Waals surface area (Å²) in [5.74, 6) is -6.23. The number of carbonyl (C=O) groups excluding carboxylic acids is 4. The van der Waals surface area contributed by atoms with Crippen molar-refractivity contribution in [3.63, 3.8) is 0 Å². The third-order valence-electron chi connectivity index (χ3n) is 10.0. The number of alkyl halides is 1. The maximum atomic E-state index is 16.1. The zero-order valence-corrected chi connectivity index (χ0v) is 29.2. The van der Waals surface area contributed by atoms with Crippen LogP contribution in [0.25, 0.3) is 10.7 Å². The molecule has 256 valence electrons. The number of halogens is 1. The molecule has 12 nitrogen and oxygen atoms in total. The van der Waals surface area contributed by atoms with Crippen LogP contribution in [0, 0.1) is 17.8 Å². The number of methoxy groups -OCH3 is 1. The summed E-state index contributed by atoms with van der Waals surface area (Å²) in [6, 6.07) is -0.864. The van der Waals surface area contributed by atoms with Crippen LogP contribution in [0.15, 0.2) is 17.8 Å². The number of nitrogens with zero attached hydrogens (tertiary/aromatic N) is 5. The average Bonchev–Trinajstić information content (AvgIpc) is 3.79. The molecular weight excluding hydrogens is 628 g/mol. The van der Waals surface area contributed by atoms with Gasteiger partial charge >= 0.3 is 12.1 Å². The number of esters is 1. The molecule has 47 heavy (non-hydrogen) atoms. The first-order valence-corrected chi connectivity index (χ1v) is 17.0. The Balaban J connectivity index is 1.63. The van der Waals surface area contributed by atoms with E-state index in [2.05, 4.69) is 15.3 Å². The minimum Gasteiger partial charge on any atom is -0.455 e. The van der Waals surface area contributed by atoms with E-state index in [-0.39, 0.29) is 25.2 Å². The number of rotatable bonds is 8. The van der Waals surface area contributed by atoms with E-state index in [9.17, 15) is 19.2 Å². The molecule has 0 aromatic carbocycles. The smallest absolute Gasteiger partial charge is 0.410 e. The standard InChI is InChI=1S/C32H45BFN5O7S/c1-9-22-32(7)25(39(29(43)46-32)14-11-10-13-38-17-21(36-37-38)27-35-12-15-47-27)19(3)23(40)18(2)16-30(5,44-8)24(33)20(4)26(41)31(6,34)28(42)45-22/h12,15,17-20,22,24-25H,9-11,13-14,16H2,1-8H3/t18-,19+,20-,22-,24-,25-,30-,31+,32-/m1/s1. The topological polar surface area (TPSA) is 143 Å². The Kier molecular flexibility index (Phi) is 11.0. The van der Waals surface area contributed by atoms with Gasteiger partial charge in [-0.15, -0.1) is 16.4 Å². The van der Waals surface area contributed by atoms with Gasteiger partial charge in [-0.05, 0) is 52.3 Å². The quantitative estimate of drug-likeness (QED) is 0.169. The summed E-state index contributed by atoms with van der Waals surface area (Å²) in [6.07, 6.45) is 3.09. The highest BCUT2D eigenvalue weighted by Gasteiger charge is 2.61. The van der Waals surface area contributed by atoms with Crippen LogP contribution in [0.4, 0.5) is 9.18 Å². The highest BCUT2D eigenvalue weighted by molar-refractivity contribution is 7.13. The number of carbonyl (C=O) groups is 4. The van der Waals surface area contributed by atoms with Crippen molar-refractivity contribution in [2.75, 3.05) is 13.7 Å². The molecule has 2 aromatic rings. The van der Waals surface area contributed by atoms with Gasteiger partial charge in [-0.25, -0.2) is 19.0 Å². The highest BCUT2D eigenvalue weighted by atomic mass is 32.1. The Morgan fingerprint density at radius 2 is 1.79 bits per heavy atom. The molecule has 0 saturated carbocycles. The lowest BCUT2D eigenvalue weighted by atomic mass is 9.61. The van der Waals surface area contributed by atoms with Crippen molar-refractivity contribution in [2.24, 2.45) is 17.8 Å². The first-order chi connectivity index (χ1) is 22.0. The van der Waals surface area contributed by atoms with E-state index in [1.165, 1.54) is 30.3 Å². The van der Waals surface area contributed by atoms with Crippen molar-refractivity contribution in [3.05, 3.63) is 17.8 Å². The molecule has 2 aliphatic heterocycles. The molecule has 9 atom stereocenters. The second-order valence-electron chi connectivity index (χ2n) is 13.4. The monoisotopic (exact) mass is 673 g/mol. The lowest BCUT2D eigenvalue weighted by Gasteiger charge is -2.43. The molecule has 2 saturated heterocycles. The van der Waals surface area contributed by atoms with E-state index in [0.717, 1.165) is 11.9 Å². The summed E-state index contributed by atoms with van der Waals surface area (Å²) in [5.41, 5.74) is -5.11. The predicted molar refractivity (Wildman–Crippen MR) is 172 cm³/mol. The van der Waals surface area contributed by atoms with Crippen molar-refractivity contribution >= 4 is 42.8 Å². The van der Waals surface area contributed by atoms with Gasteiger partial charge in [-0.1, -0.05) is 32.9 Å². The van der Waals surface area contributed by atoms with Crippen molar-refractivity contribution in [1.29, 1.82) is 0 Å². The summed E-state index contributed by atoms with van der Waals surface area (Å²) in [7, 11) is 7.90. The Morgan fingerprint density at radius 3 is 2.40 bits per heavy atom. The van der Waals surface area contributed by atoms with E-state index in [1.54, 1.807) is 45.5 Å². The summed E-state index contributed by atoms with van der Waals surface area (Å²) in [4.78, 5) is 60.2. The van der Waals surface area contributed by atoms with Gasteiger partial charge in [-0.3, -0.25) is 14.3 Å². The van der Waals surface area contributed by atoms with Gasteiger partial charge in [0, 0.05) is 49.5 Å². The molecule has 2 radical (unpaired) electrons. The largest absolute Gasteiger partial charge is 0.455 e. The number of hydrogen-bond donors (Lipinski definition) is 0. The van der Waals surface area contributed by atoms with Crippen LogP contribution in [0.2, 0.25) is 5.82 Å². The molecule has 0 unspecified atom stereocenters. The molecule has 2 fully saturated rings. The molecular formula is C32H45BFN5O7S. The molecule has 0 aliphatic carbocycles. The van der Waals surface area contributed by atoms with E-state index >= 15 is 4.39 Å². The predicted octanol–water partition coefficient (Wildman–Crippen LogP) is 4.62. The molecule has 2 aromatic heterocycles. The fourth-order valence-electron chi connectivity index (χ4n) is 7.13. The van der Waals surface area contributed by atoms with Crippen molar-refractivity contribution in [2.45, 2.75) is 116 Å². The number of amides is 1. The van der Waals surface area contributed by atoms with Crippen LogP contribution in [-0.4, -0.2) is 99.0 Å². The zero-order valence-electron chi connectivity index (χ0n) is 28.4. The second-order valence-corrected chi connectivity index (χ2v) is 14.3. The molecule has 4 rings (SSSR count). The summed E-state index contributed by atoms with van der Waals surface area (Å²) in [5, 5.41) is 11.0. The number of thiazole rings is 1. The minimum absolute atomic E-state index is 0.120. The minimum atomic E-state index is -3.04. The maximum absolute atomic E-state index is 16.1. The Hall–Kier alpha value is -3.20. The third-order valence-corrected chi connectivity index (χ3v) is 10.8. The Morgan fingerprint density at radius 1 is 1.11 bits per heavy atom. The molecule has 2 aliphatic rings. The van der Waals surface area contributed by atoms with Crippen LogP contribution in [0.3, 0.4) is 0 Å². The van der Waals surface area contributed by atoms with Gasteiger partial charge < -0.3 is 19.1 Å². The van der Waals surface area contributed by atoms with Crippen molar-refractivity contribution in [1.82, 2.24) is 24.9 Å². The number of ether oxygens (including phenoxy) is 3. The average molecular weight is 674 g/mol. The molecule has 0 spiro atoms. The fraction of sp³-hybridized carbons (Fsp3) is 0.719. The zero-order chi connectivity index (χ0) is 34.9. The number of fused-ring (bicyclic) bond motifs is 1. The lowest BCUT2D eigenvalue weighted by molar-refractivity contribution is -0.180. The SMILES string of the molecule is [B][C@@H]1[C@@H](C)C(=O)[C@](C)(F)C(=O)O[C@H](CC)[C@@]2(C)OC(=O)N(CCCCn3cc(-c4nccs4)nn3)[C@@H]2[C@@H](C)C(=O)[C@H](C)C[C@@]1(C)OC. The van der Waals surface area contributed by atoms with E-state index in [0.29, 0.717) is 25.1 Å². The number of hydrogen-bond acceptors (Lipinski definition) is 11. The van der Waals surface area contributed by atoms with Crippen LogP contribution in [-0.2, 0) is 35.1 Å². The number of Topliss-reactive ketones (excluding diaryl/α,β-unsaturated/α-hetero) is 2. The number of cyclic esters (lactones) is 1. The van der Waals surface area contributed by atoms with Crippen LogP contribution in [0.5, 0.6) is 0 Å². The first-order valence-electron chi connectivity index (χ1n) is 16.1. The van der Waals surface area contributed by atoms with Crippen LogP contribution >= 0.6 is 11.3 Å². The number of aryl methyl sites for hydroxylation is 1. The summed E-state index contributed by atoms with van der Waals surface area (Å²) in [6.45, 7) is 11.5. The third kappa shape index (κ3) is 7.01. The number of ketones is 2. The van der Waals surface area contributed by atoms with Gasteiger partial charge in [-0.2, -0.15) is 0 Å². The van der Waals surface area contributed by atoms with Crippen molar-refractivity contribution < 1.29 is 37.8 Å². The van der Waals surface area contributed by atoms with E-state index in [4.69, 9.17) is 22.1 Å². The molecule has 1 amide bonds. The molecule has 0 N–H and O–H groups in total. The lowest BCUT2D eigenvalue weighted by Crippen LogP contribution is -2.59. The van der Waals surface area contributed by atoms with E-state index in [1.807, 2.05) is 11.6 Å². The molecule has 4 heterocycles. The number of unbranched alkanes of at least 4 members (excludes halogenated alkanes) is 1. The maximum Gasteiger partial charge on any atom is 0.410 e. The van der Waals surface area contributed by atoms with Gasteiger partial charge in [0.05, 0.1) is 25.7 Å². The molecule has 15 heteroatoms. The van der Waals surface area contributed by atoms with Gasteiger partial charge in [0.15, 0.2) is 11.4 Å². The van der Waals surface area contributed by atoms with E-state index < -0.39 is 70.4 Å². The Labute approximate surface area is 280 Å². The Bertz CT molecular complexity index is 1460. The highest BCUT2D eigenvalue weighted by Crippen LogP contribution is 2.44.